The fraction of sp³-hybridized carbons (Fsp3) is 0.333. The number of aliphatic imine (C=N–C) groups is 1. The van der Waals surface area contributed by atoms with Crippen molar-refractivity contribution in [3.8, 4) is 0 Å². The lowest BCUT2D eigenvalue weighted by molar-refractivity contribution is -0.121. The van der Waals surface area contributed by atoms with E-state index in [0.29, 0.717) is 25.5 Å². The summed E-state index contributed by atoms with van der Waals surface area (Å²) in [5.41, 5.74) is 1.10. The van der Waals surface area contributed by atoms with Crippen LogP contribution in [0.4, 0.5) is 0 Å². The summed E-state index contributed by atoms with van der Waals surface area (Å²) in [6.07, 6.45) is 0.408. The maximum absolute atomic E-state index is 11.9. The SMILES string of the molecule is CN=C(NCCC(=O)NCc1ccccc1)NCc1ccc(C)s1.I. The van der Waals surface area contributed by atoms with Gasteiger partial charge in [-0.25, -0.2) is 0 Å². The molecular weight excluding hydrogens is 447 g/mol. The van der Waals surface area contributed by atoms with E-state index in [0.717, 1.165) is 12.1 Å². The van der Waals surface area contributed by atoms with Gasteiger partial charge in [-0.1, -0.05) is 30.3 Å². The summed E-state index contributed by atoms with van der Waals surface area (Å²) in [7, 11) is 1.73. The highest BCUT2D eigenvalue weighted by atomic mass is 127. The van der Waals surface area contributed by atoms with Gasteiger partial charge in [0.2, 0.25) is 5.91 Å². The van der Waals surface area contributed by atoms with Crippen LogP contribution < -0.4 is 16.0 Å². The van der Waals surface area contributed by atoms with E-state index in [1.165, 1.54) is 9.75 Å². The number of guanidine groups is 1. The van der Waals surface area contributed by atoms with Gasteiger partial charge >= 0.3 is 0 Å². The number of carbonyl (C=O) groups is 1. The molecule has 7 heteroatoms. The largest absolute Gasteiger partial charge is 0.356 e. The Bertz CT molecular complexity index is 673. The number of carbonyl (C=O) groups excluding carboxylic acids is 1. The standard InChI is InChI=1S/C18H24N4OS.HI/c1-14-8-9-16(24-14)13-22-18(19-2)20-11-10-17(23)21-12-15-6-4-3-5-7-15;/h3-9H,10-13H2,1-2H3,(H,21,23)(H2,19,20,22);1H. The fourth-order valence-electron chi connectivity index (χ4n) is 2.15. The monoisotopic (exact) mass is 472 g/mol. The Hall–Kier alpha value is -1.61. The molecule has 25 heavy (non-hydrogen) atoms. The highest BCUT2D eigenvalue weighted by Gasteiger charge is 2.03. The first kappa shape index (κ1) is 21.4. The second-order valence-corrected chi connectivity index (χ2v) is 6.75. The molecule has 0 bridgehead atoms. The molecular formula is C18H25IN4OS. The maximum atomic E-state index is 11.9. The van der Waals surface area contributed by atoms with Crippen LogP contribution in [0.1, 0.15) is 21.7 Å². The third-order valence-electron chi connectivity index (χ3n) is 3.43. The molecule has 2 rings (SSSR count). The number of thiophene rings is 1. The molecule has 0 aliphatic heterocycles. The summed E-state index contributed by atoms with van der Waals surface area (Å²) in [6.45, 7) is 3.93. The Balaban J connectivity index is 0.00000312. The molecule has 0 saturated carbocycles. The van der Waals surface area contributed by atoms with Crippen LogP contribution in [0, 0.1) is 6.92 Å². The van der Waals surface area contributed by atoms with Crippen LogP contribution in [0.2, 0.25) is 0 Å². The van der Waals surface area contributed by atoms with Crippen molar-refractivity contribution < 1.29 is 4.79 Å². The van der Waals surface area contributed by atoms with Crippen molar-refractivity contribution in [3.05, 3.63) is 57.8 Å². The van der Waals surface area contributed by atoms with Crippen molar-refractivity contribution in [3.63, 3.8) is 0 Å². The van der Waals surface area contributed by atoms with Gasteiger partial charge in [0.05, 0.1) is 6.54 Å². The number of nitrogens with one attached hydrogen (secondary N) is 3. The third kappa shape index (κ3) is 8.35. The van der Waals surface area contributed by atoms with Gasteiger partial charge in [-0.15, -0.1) is 35.3 Å². The third-order valence-corrected chi connectivity index (χ3v) is 4.43. The van der Waals surface area contributed by atoms with E-state index in [-0.39, 0.29) is 29.9 Å². The van der Waals surface area contributed by atoms with E-state index in [1.54, 1.807) is 18.4 Å². The summed E-state index contributed by atoms with van der Waals surface area (Å²) in [4.78, 5) is 18.6. The highest BCUT2D eigenvalue weighted by Crippen LogP contribution is 2.14. The molecule has 1 heterocycles. The molecule has 1 aromatic heterocycles. The van der Waals surface area contributed by atoms with Crippen LogP contribution in [-0.2, 0) is 17.9 Å². The van der Waals surface area contributed by atoms with E-state index >= 15 is 0 Å². The van der Waals surface area contributed by atoms with E-state index in [1.807, 2.05) is 30.3 Å². The number of hydrogen-bond acceptors (Lipinski definition) is 3. The van der Waals surface area contributed by atoms with Crippen molar-refractivity contribution in [2.75, 3.05) is 13.6 Å². The van der Waals surface area contributed by atoms with Crippen molar-refractivity contribution in [1.82, 2.24) is 16.0 Å². The van der Waals surface area contributed by atoms with Gasteiger partial charge in [-0.05, 0) is 24.6 Å². The van der Waals surface area contributed by atoms with Crippen molar-refractivity contribution >= 4 is 47.2 Å². The molecule has 0 aliphatic rings. The lowest BCUT2D eigenvalue weighted by Crippen LogP contribution is -2.38. The molecule has 0 fully saturated rings. The van der Waals surface area contributed by atoms with Crippen LogP contribution >= 0.6 is 35.3 Å². The molecule has 0 aliphatic carbocycles. The summed E-state index contributed by atoms with van der Waals surface area (Å²) in [5.74, 6) is 0.729. The summed E-state index contributed by atoms with van der Waals surface area (Å²) < 4.78 is 0. The molecule has 5 nitrogen and oxygen atoms in total. The first-order valence-electron chi connectivity index (χ1n) is 7.98. The zero-order valence-corrected chi connectivity index (χ0v) is 17.7. The minimum absolute atomic E-state index is 0. The Morgan fingerprint density at radius 3 is 2.44 bits per heavy atom. The van der Waals surface area contributed by atoms with Gasteiger partial charge in [-0.3, -0.25) is 9.79 Å². The van der Waals surface area contributed by atoms with Crippen LogP contribution in [-0.4, -0.2) is 25.5 Å². The van der Waals surface area contributed by atoms with E-state index in [2.05, 4.69) is 40.0 Å². The first-order chi connectivity index (χ1) is 11.7. The Labute approximate surface area is 170 Å². The van der Waals surface area contributed by atoms with Crippen LogP contribution in [0.15, 0.2) is 47.5 Å². The second-order valence-electron chi connectivity index (χ2n) is 5.38. The average Bonchev–Trinajstić information content (AvgIpc) is 3.02. The number of amides is 1. The number of nitrogens with zero attached hydrogens (tertiary/aromatic N) is 1. The summed E-state index contributed by atoms with van der Waals surface area (Å²) in [6, 6.07) is 14.1. The fourth-order valence-corrected chi connectivity index (χ4v) is 2.98. The minimum atomic E-state index is 0. The average molecular weight is 472 g/mol. The van der Waals surface area contributed by atoms with Crippen LogP contribution in [0.25, 0.3) is 0 Å². The van der Waals surface area contributed by atoms with Crippen molar-refractivity contribution in [2.45, 2.75) is 26.4 Å². The van der Waals surface area contributed by atoms with Gasteiger partial charge in [0, 0.05) is 36.3 Å². The normalized spacial score (nSPS) is 10.7. The zero-order valence-electron chi connectivity index (χ0n) is 14.5. The predicted molar refractivity (Wildman–Crippen MR) is 116 cm³/mol. The van der Waals surface area contributed by atoms with Crippen molar-refractivity contribution in [1.29, 1.82) is 0 Å². The number of halogens is 1. The molecule has 3 N–H and O–H groups in total. The molecule has 0 atom stereocenters. The summed E-state index contributed by atoms with van der Waals surface area (Å²) in [5, 5.41) is 9.32. The van der Waals surface area contributed by atoms with E-state index in [4.69, 9.17) is 0 Å². The van der Waals surface area contributed by atoms with Gasteiger partial charge in [0.1, 0.15) is 0 Å². The number of benzene rings is 1. The minimum Gasteiger partial charge on any atom is -0.356 e. The molecule has 0 unspecified atom stereocenters. The lowest BCUT2D eigenvalue weighted by Gasteiger charge is -2.11. The quantitative estimate of drug-likeness (QED) is 0.330. The van der Waals surface area contributed by atoms with Gasteiger partial charge in [0.25, 0.3) is 0 Å². The number of aryl methyl sites for hydroxylation is 1. The van der Waals surface area contributed by atoms with Gasteiger partial charge < -0.3 is 16.0 Å². The molecule has 2 aromatic rings. The first-order valence-corrected chi connectivity index (χ1v) is 8.79. The Kier molecular flexibility index (Phi) is 10.2. The van der Waals surface area contributed by atoms with Gasteiger partial charge in [-0.2, -0.15) is 0 Å². The maximum Gasteiger partial charge on any atom is 0.222 e. The Morgan fingerprint density at radius 1 is 1.04 bits per heavy atom. The highest BCUT2D eigenvalue weighted by molar-refractivity contribution is 14.0. The molecule has 0 saturated heterocycles. The smallest absolute Gasteiger partial charge is 0.222 e. The van der Waals surface area contributed by atoms with Gasteiger partial charge in [0.15, 0.2) is 5.96 Å². The summed E-state index contributed by atoms with van der Waals surface area (Å²) >= 11 is 1.76. The second kappa shape index (κ2) is 11.9. The Morgan fingerprint density at radius 2 is 1.80 bits per heavy atom. The van der Waals surface area contributed by atoms with Crippen LogP contribution in [0.3, 0.4) is 0 Å². The molecule has 0 radical (unpaired) electrons. The lowest BCUT2D eigenvalue weighted by atomic mass is 10.2. The predicted octanol–water partition coefficient (Wildman–Crippen LogP) is 3.05. The molecule has 136 valence electrons. The van der Waals surface area contributed by atoms with E-state index < -0.39 is 0 Å². The zero-order chi connectivity index (χ0) is 17.2. The van der Waals surface area contributed by atoms with Crippen molar-refractivity contribution in [2.24, 2.45) is 4.99 Å². The van der Waals surface area contributed by atoms with E-state index in [9.17, 15) is 4.79 Å². The molecule has 1 amide bonds. The topological polar surface area (TPSA) is 65.5 Å². The number of rotatable bonds is 7. The number of hydrogen-bond donors (Lipinski definition) is 3. The molecule has 0 spiro atoms. The molecule has 1 aromatic carbocycles. The van der Waals surface area contributed by atoms with Crippen LogP contribution in [0.5, 0.6) is 0 Å².